The number of amides is 1. The summed E-state index contributed by atoms with van der Waals surface area (Å²) in [6, 6.07) is 0. The Morgan fingerprint density at radius 2 is 2.18 bits per heavy atom. The highest BCUT2D eigenvalue weighted by molar-refractivity contribution is 5.76. The Morgan fingerprint density at radius 3 is 2.76 bits per heavy atom. The number of piperidine rings is 1. The van der Waals surface area contributed by atoms with Gasteiger partial charge in [0.2, 0.25) is 5.91 Å². The molecule has 1 amide bonds. The zero-order valence-corrected chi connectivity index (χ0v) is 10.6. The maximum atomic E-state index is 11.5. The molecule has 1 fully saturated rings. The first-order valence-electron chi connectivity index (χ1n) is 6.21. The summed E-state index contributed by atoms with van der Waals surface area (Å²) in [5.74, 6) is -0.630. The van der Waals surface area contributed by atoms with E-state index in [1.807, 2.05) is 18.7 Å². The van der Waals surface area contributed by atoms with Gasteiger partial charge in [-0.3, -0.25) is 14.5 Å². The molecule has 0 aromatic carbocycles. The summed E-state index contributed by atoms with van der Waals surface area (Å²) in [4.78, 5) is 24.3. The molecule has 98 valence electrons. The van der Waals surface area contributed by atoms with Crippen LogP contribution in [-0.4, -0.2) is 41.6 Å². The minimum absolute atomic E-state index is 0.0393. The van der Waals surface area contributed by atoms with Crippen molar-refractivity contribution in [1.82, 2.24) is 10.2 Å². The van der Waals surface area contributed by atoms with Gasteiger partial charge in [-0.05, 0) is 25.3 Å². The van der Waals surface area contributed by atoms with E-state index in [2.05, 4.69) is 5.32 Å². The van der Waals surface area contributed by atoms with E-state index in [9.17, 15) is 9.59 Å². The van der Waals surface area contributed by atoms with E-state index < -0.39 is 5.97 Å². The average molecular weight is 242 g/mol. The van der Waals surface area contributed by atoms with Crippen LogP contribution in [0.2, 0.25) is 0 Å². The number of nitrogens with zero attached hydrogens (tertiary/aromatic N) is 1. The van der Waals surface area contributed by atoms with Gasteiger partial charge in [0, 0.05) is 13.0 Å². The highest BCUT2D eigenvalue weighted by atomic mass is 16.4. The lowest BCUT2D eigenvalue weighted by Gasteiger charge is -2.30. The van der Waals surface area contributed by atoms with Crippen molar-refractivity contribution in [3.8, 4) is 0 Å². The van der Waals surface area contributed by atoms with Crippen LogP contribution >= 0.6 is 0 Å². The van der Waals surface area contributed by atoms with Gasteiger partial charge in [-0.25, -0.2) is 0 Å². The highest BCUT2D eigenvalue weighted by Crippen LogP contribution is 2.15. The molecule has 1 aliphatic heterocycles. The number of carboxylic acids is 1. The predicted octanol–water partition coefficient (Wildman–Crippen LogP) is 0.903. The Kier molecular flexibility index (Phi) is 5.41. The van der Waals surface area contributed by atoms with Crippen molar-refractivity contribution in [1.29, 1.82) is 0 Å². The summed E-state index contributed by atoms with van der Waals surface area (Å²) in [6.45, 7) is 5.88. The second-order valence-electron chi connectivity index (χ2n) is 5.11. The summed E-state index contributed by atoms with van der Waals surface area (Å²) in [7, 11) is 0. The number of hydrogen-bond donors (Lipinski definition) is 2. The highest BCUT2D eigenvalue weighted by Gasteiger charge is 2.25. The molecule has 2 N–H and O–H groups in total. The molecule has 1 heterocycles. The largest absolute Gasteiger partial charge is 0.481 e. The van der Waals surface area contributed by atoms with Crippen LogP contribution < -0.4 is 5.32 Å². The predicted molar refractivity (Wildman–Crippen MR) is 64.4 cm³/mol. The molecule has 0 aromatic rings. The van der Waals surface area contributed by atoms with Crippen molar-refractivity contribution in [2.75, 3.05) is 19.8 Å². The normalized spacial score (nSPS) is 21.5. The number of rotatable bonds is 5. The van der Waals surface area contributed by atoms with E-state index in [0.717, 1.165) is 19.4 Å². The van der Waals surface area contributed by atoms with E-state index in [0.29, 0.717) is 25.6 Å². The first kappa shape index (κ1) is 14.0. The van der Waals surface area contributed by atoms with Gasteiger partial charge < -0.3 is 10.4 Å². The third kappa shape index (κ3) is 5.17. The fourth-order valence-corrected chi connectivity index (χ4v) is 2.04. The monoisotopic (exact) mass is 242 g/mol. The van der Waals surface area contributed by atoms with E-state index in [1.54, 1.807) is 0 Å². The van der Waals surface area contributed by atoms with Gasteiger partial charge in [0.05, 0.1) is 12.6 Å². The summed E-state index contributed by atoms with van der Waals surface area (Å²) >= 11 is 0. The molecule has 1 atom stereocenters. The maximum absolute atomic E-state index is 11.5. The standard InChI is InChI=1S/C12H22N2O3/c1-9(2)6-11(15)13-8-14-5-3-4-10(7-14)12(16)17/h9-10H,3-8H2,1-2H3,(H,13,15)(H,16,17). The van der Waals surface area contributed by atoms with Crippen LogP contribution in [-0.2, 0) is 9.59 Å². The molecule has 0 saturated carbocycles. The number of carbonyl (C=O) groups excluding carboxylic acids is 1. The number of hydrogen-bond acceptors (Lipinski definition) is 3. The number of carbonyl (C=O) groups is 2. The van der Waals surface area contributed by atoms with Gasteiger partial charge in [-0.2, -0.15) is 0 Å². The molecule has 0 spiro atoms. The average Bonchev–Trinajstić information content (AvgIpc) is 2.26. The molecular weight excluding hydrogens is 220 g/mol. The number of nitrogens with one attached hydrogen (secondary N) is 1. The summed E-state index contributed by atoms with van der Waals surface area (Å²) < 4.78 is 0. The maximum Gasteiger partial charge on any atom is 0.307 e. The van der Waals surface area contributed by atoms with Crippen molar-refractivity contribution in [3.63, 3.8) is 0 Å². The summed E-state index contributed by atoms with van der Waals surface area (Å²) in [6.07, 6.45) is 2.15. The molecule has 1 saturated heterocycles. The van der Waals surface area contributed by atoms with Crippen LogP contribution in [0.4, 0.5) is 0 Å². The Balaban J connectivity index is 2.27. The zero-order chi connectivity index (χ0) is 12.8. The minimum atomic E-state index is -0.733. The zero-order valence-electron chi connectivity index (χ0n) is 10.6. The Bertz CT molecular complexity index is 279. The van der Waals surface area contributed by atoms with Crippen molar-refractivity contribution in [2.45, 2.75) is 33.1 Å². The fourth-order valence-electron chi connectivity index (χ4n) is 2.04. The van der Waals surface area contributed by atoms with Crippen molar-refractivity contribution in [3.05, 3.63) is 0 Å². The van der Waals surface area contributed by atoms with Crippen molar-refractivity contribution >= 4 is 11.9 Å². The van der Waals surface area contributed by atoms with E-state index in [1.165, 1.54) is 0 Å². The lowest BCUT2D eigenvalue weighted by atomic mass is 9.99. The number of likely N-dealkylation sites (tertiary alicyclic amines) is 1. The van der Waals surface area contributed by atoms with Crippen LogP contribution in [0, 0.1) is 11.8 Å². The Hall–Kier alpha value is -1.10. The van der Waals surface area contributed by atoms with Crippen LogP contribution in [0.25, 0.3) is 0 Å². The topological polar surface area (TPSA) is 69.6 Å². The van der Waals surface area contributed by atoms with Gasteiger partial charge in [0.1, 0.15) is 0 Å². The second-order valence-corrected chi connectivity index (χ2v) is 5.11. The summed E-state index contributed by atoms with van der Waals surface area (Å²) in [5.41, 5.74) is 0. The third-order valence-electron chi connectivity index (χ3n) is 2.95. The fraction of sp³-hybridized carbons (Fsp3) is 0.833. The van der Waals surface area contributed by atoms with Crippen LogP contribution in [0.1, 0.15) is 33.1 Å². The number of carboxylic acid groups (broad SMARTS) is 1. The summed E-state index contributed by atoms with van der Waals surface area (Å²) in [5, 5.41) is 11.8. The molecule has 0 aliphatic carbocycles. The molecule has 1 aliphatic rings. The van der Waals surface area contributed by atoms with E-state index in [-0.39, 0.29) is 11.8 Å². The molecule has 0 bridgehead atoms. The van der Waals surface area contributed by atoms with Crippen LogP contribution in [0.5, 0.6) is 0 Å². The SMILES string of the molecule is CC(C)CC(=O)NCN1CCCC(C(=O)O)C1. The van der Waals surface area contributed by atoms with Gasteiger partial charge in [0.15, 0.2) is 0 Å². The lowest BCUT2D eigenvalue weighted by molar-refractivity contribution is -0.143. The van der Waals surface area contributed by atoms with Crippen molar-refractivity contribution < 1.29 is 14.7 Å². The Labute approximate surface area is 102 Å². The van der Waals surface area contributed by atoms with E-state index >= 15 is 0 Å². The lowest BCUT2D eigenvalue weighted by Crippen LogP contribution is -2.44. The van der Waals surface area contributed by atoms with Crippen molar-refractivity contribution in [2.24, 2.45) is 11.8 Å². The molecule has 0 aromatic heterocycles. The molecule has 17 heavy (non-hydrogen) atoms. The molecule has 5 heteroatoms. The van der Waals surface area contributed by atoms with Gasteiger partial charge >= 0.3 is 5.97 Å². The van der Waals surface area contributed by atoms with Crippen LogP contribution in [0.15, 0.2) is 0 Å². The molecule has 1 unspecified atom stereocenters. The van der Waals surface area contributed by atoms with E-state index in [4.69, 9.17) is 5.11 Å². The van der Waals surface area contributed by atoms with Gasteiger partial charge in [0.25, 0.3) is 0 Å². The molecule has 1 rings (SSSR count). The second kappa shape index (κ2) is 6.59. The quantitative estimate of drug-likeness (QED) is 0.751. The molecule has 0 radical (unpaired) electrons. The first-order chi connectivity index (χ1) is 7.99. The van der Waals surface area contributed by atoms with Gasteiger partial charge in [-0.1, -0.05) is 13.8 Å². The Morgan fingerprint density at radius 1 is 1.47 bits per heavy atom. The molecule has 5 nitrogen and oxygen atoms in total. The third-order valence-corrected chi connectivity index (χ3v) is 2.95. The number of aliphatic carboxylic acids is 1. The smallest absolute Gasteiger partial charge is 0.307 e. The first-order valence-corrected chi connectivity index (χ1v) is 6.21. The minimum Gasteiger partial charge on any atom is -0.481 e. The van der Waals surface area contributed by atoms with Gasteiger partial charge in [-0.15, -0.1) is 0 Å². The van der Waals surface area contributed by atoms with Crippen LogP contribution in [0.3, 0.4) is 0 Å². The molecular formula is C12H22N2O3.